The summed E-state index contributed by atoms with van der Waals surface area (Å²) in [5.41, 5.74) is 0. The number of sulfonamides is 1. The first-order valence-electron chi connectivity index (χ1n) is 4.70. The van der Waals surface area contributed by atoms with Crippen molar-refractivity contribution in [2.24, 2.45) is 11.8 Å². The van der Waals surface area contributed by atoms with Crippen LogP contribution in [-0.4, -0.2) is 42.6 Å². The Hall–Kier alpha value is -0.880. The zero-order valence-electron chi connectivity index (χ0n) is 8.59. The minimum absolute atomic E-state index is 0.0761. The van der Waals surface area contributed by atoms with E-state index < -0.39 is 21.9 Å². The third kappa shape index (κ3) is 2.57. The van der Waals surface area contributed by atoms with Gasteiger partial charge in [-0.25, -0.2) is 12.7 Å². The van der Waals surface area contributed by atoms with Gasteiger partial charge in [0.25, 0.3) is 0 Å². The molecule has 0 aromatic carbocycles. The molecule has 0 aromatic heterocycles. The van der Waals surface area contributed by atoms with Gasteiger partial charge in [0, 0.05) is 13.1 Å². The maximum absolute atomic E-state index is 11.6. The lowest BCUT2D eigenvalue weighted by Gasteiger charge is -2.14. The largest absolute Gasteiger partial charge is 0.481 e. The van der Waals surface area contributed by atoms with E-state index in [1.165, 1.54) is 10.4 Å². The molecule has 0 radical (unpaired) electrons. The summed E-state index contributed by atoms with van der Waals surface area (Å²) in [6, 6.07) is 0. The molecule has 0 spiro atoms. The normalized spacial score (nSPS) is 27.8. The number of rotatable bonds is 4. The van der Waals surface area contributed by atoms with Crippen LogP contribution in [0.25, 0.3) is 0 Å². The second kappa shape index (κ2) is 4.32. The second-order valence-corrected chi connectivity index (χ2v) is 5.82. The molecule has 0 amide bonds. The molecule has 1 heterocycles. The van der Waals surface area contributed by atoms with E-state index in [-0.39, 0.29) is 24.8 Å². The molecule has 0 saturated carbocycles. The molecule has 0 bridgehead atoms. The molecule has 1 saturated heterocycles. The number of hydrogen-bond acceptors (Lipinski definition) is 3. The van der Waals surface area contributed by atoms with Crippen LogP contribution >= 0.6 is 0 Å². The monoisotopic (exact) mass is 233 g/mol. The van der Waals surface area contributed by atoms with E-state index in [1.807, 2.05) is 0 Å². The van der Waals surface area contributed by atoms with Crippen LogP contribution in [0, 0.1) is 11.8 Å². The van der Waals surface area contributed by atoms with Crippen LogP contribution in [0.4, 0.5) is 0 Å². The fourth-order valence-corrected chi connectivity index (χ4v) is 3.08. The van der Waals surface area contributed by atoms with E-state index in [2.05, 4.69) is 6.58 Å². The lowest BCUT2D eigenvalue weighted by molar-refractivity contribution is -0.142. The Morgan fingerprint density at radius 1 is 1.60 bits per heavy atom. The van der Waals surface area contributed by atoms with Crippen LogP contribution in [0.2, 0.25) is 0 Å². The number of carboxylic acid groups (broad SMARTS) is 1. The van der Waals surface area contributed by atoms with Gasteiger partial charge in [-0.1, -0.05) is 13.0 Å². The predicted molar refractivity (Wildman–Crippen MR) is 55.8 cm³/mol. The molecular formula is C9H15NO4S. The fraction of sp³-hybridized carbons (Fsp3) is 0.667. The molecule has 2 atom stereocenters. The van der Waals surface area contributed by atoms with E-state index in [9.17, 15) is 13.2 Å². The summed E-state index contributed by atoms with van der Waals surface area (Å²) >= 11 is 0. The molecule has 6 heteroatoms. The average molecular weight is 233 g/mol. The maximum Gasteiger partial charge on any atom is 0.308 e. The van der Waals surface area contributed by atoms with Crippen molar-refractivity contribution in [3.8, 4) is 0 Å². The van der Waals surface area contributed by atoms with Crippen molar-refractivity contribution in [1.29, 1.82) is 0 Å². The maximum atomic E-state index is 11.6. The quantitative estimate of drug-likeness (QED) is 0.702. The average Bonchev–Trinajstić information content (AvgIpc) is 2.47. The lowest BCUT2D eigenvalue weighted by Crippen LogP contribution is -2.31. The molecule has 15 heavy (non-hydrogen) atoms. The molecule has 1 N–H and O–H groups in total. The Labute approximate surface area is 89.4 Å². The smallest absolute Gasteiger partial charge is 0.308 e. The Morgan fingerprint density at radius 3 is 2.60 bits per heavy atom. The first-order chi connectivity index (χ1) is 6.88. The molecule has 1 aliphatic heterocycles. The number of hydrogen-bond donors (Lipinski definition) is 1. The number of carbonyl (C=O) groups is 1. The van der Waals surface area contributed by atoms with Gasteiger partial charge in [0.15, 0.2) is 0 Å². The van der Waals surface area contributed by atoms with Crippen molar-refractivity contribution in [2.45, 2.75) is 6.92 Å². The summed E-state index contributed by atoms with van der Waals surface area (Å²) in [7, 11) is -3.36. The number of nitrogens with zero attached hydrogens (tertiary/aromatic N) is 1. The SMILES string of the molecule is C=CCS(=O)(=O)N1CC(C)C(C(=O)O)C1. The van der Waals surface area contributed by atoms with Gasteiger partial charge in [-0.3, -0.25) is 4.79 Å². The molecule has 2 unspecified atom stereocenters. The van der Waals surface area contributed by atoms with Crippen LogP contribution in [0.15, 0.2) is 12.7 Å². The van der Waals surface area contributed by atoms with Gasteiger partial charge in [-0.2, -0.15) is 0 Å². The van der Waals surface area contributed by atoms with E-state index >= 15 is 0 Å². The highest BCUT2D eigenvalue weighted by Crippen LogP contribution is 2.25. The third-order valence-corrected chi connectivity index (χ3v) is 4.36. The Kier molecular flexibility index (Phi) is 3.51. The van der Waals surface area contributed by atoms with Crippen LogP contribution in [0.5, 0.6) is 0 Å². The standard InChI is InChI=1S/C9H15NO4S/c1-3-4-15(13,14)10-5-7(2)8(6-10)9(11)12/h3,7-8H,1,4-6H2,2H3,(H,11,12). The minimum atomic E-state index is -3.36. The van der Waals surface area contributed by atoms with Crippen molar-refractivity contribution >= 4 is 16.0 Å². The van der Waals surface area contributed by atoms with Crippen LogP contribution < -0.4 is 0 Å². The Balaban J connectivity index is 2.78. The van der Waals surface area contributed by atoms with Gasteiger partial charge < -0.3 is 5.11 Å². The fourth-order valence-electron chi connectivity index (χ4n) is 1.73. The molecule has 5 nitrogen and oxygen atoms in total. The Morgan fingerprint density at radius 2 is 2.20 bits per heavy atom. The topological polar surface area (TPSA) is 74.7 Å². The van der Waals surface area contributed by atoms with Gasteiger partial charge in [0.2, 0.25) is 10.0 Å². The van der Waals surface area contributed by atoms with E-state index in [0.29, 0.717) is 0 Å². The van der Waals surface area contributed by atoms with Crippen molar-refractivity contribution in [1.82, 2.24) is 4.31 Å². The summed E-state index contributed by atoms with van der Waals surface area (Å²) < 4.78 is 24.5. The Bertz CT molecular complexity index is 362. The van der Waals surface area contributed by atoms with Gasteiger partial charge >= 0.3 is 5.97 Å². The van der Waals surface area contributed by atoms with E-state index in [1.54, 1.807) is 6.92 Å². The summed E-state index contributed by atoms with van der Waals surface area (Å²) in [4.78, 5) is 10.8. The molecule has 1 aliphatic rings. The summed E-state index contributed by atoms with van der Waals surface area (Å²) in [6.45, 7) is 5.48. The van der Waals surface area contributed by atoms with Gasteiger partial charge in [-0.05, 0) is 5.92 Å². The van der Waals surface area contributed by atoms with Crippen molar-refractivity contribution in [3.05, 3.63) is 12.7 Å². The van der Waals surface area contributed by atoms with Crippen molar-refractivity contribution in [2.75, 3.05) is 18.8 Å². The molecule has 1 rings (SSSR count). The van der Waals surface area contributed by atoms with Gasteiger partial charge in [-0.15, -0.1) is 6.58 Å². The van der Waals surface area contributed by atoms with E-state index in [0.717, 1.165) is 0 Å². The highest BCUT2D eigenvalue weighted by molar-refractivity contribution is 7.89. The molecule has 1 fully saturated rings. The summed E-state index contributed by atoms with van der Waals surface area (Å²) in [5, 5.41) is 8.86. The van der Waals surface area contributed by atoms with Gasteiger partial charge in [0.1, 0.15) is 0 Å². The highest BCUT2D eigenvalue weighted by atomic mass is 32.2. The third-order valence-electron chi connectivity index (χ3n) is 2.62. The number of aliphatic carboxylic acids is 1. The zero-order valence-corrected chi connectivity index (χ0v) is 9.40. The lowest BCUT2D eigenvalue weighted by atomic mass is 9.99. The molecule has 0 aromatic rings. The summed E-state index contributed by atoms with van der Waals surface area (Å²) in [6.07, 6.45) is 1.31. The second-order valence-electron chi connectivity index (χ2n) is 3.81. The molecule has 0 aliphatic carbocycles. The van der Waals surface area contributed by atoms with Crippen LogP contribution in [0.1, 0.15) is 6.92 Å². The molecular weight excluding hydrogens is 218 g/mol. The first kappa shape index (κ1) is 12.2. The van der Waals surface area contributed by atoms with Gasteiger partial charge in [0.05, 0.1) is 11.7 Å². The van der Waals surface area contributed by atoms with Crippen LogP contribution in [0.3, 0.4) is 0 Å². The number of carboxylic acids is 1. The van der Waals surface area contributed by atoms with E-state index in [4.69, 9.17) is 5.11 Å². The highest BCUT2D eigenvalue weighted by Gasteiger charge is 2.39. The zero-order chi connectivity index (χ0) is 11.6. The molecule has 86 valence electrons. The van der Waals surface area contributed by atoms with Crippen LogP contribution in [-0.2, 0) is 14.8 Å². The van der Waals surface area contributed by atoms with Crippen molar-refractivity contribution < 1.29 is 18.3 Å². The predicted octanol–water partition coefficient (Wildman–Crippen LogP) is 0.155. The summed E-state index contributed by atoms with van der Waals surface area (Å²) in [5.74, 6) is -1.79. The van der Waals surface area contributed by atoms with Crippen molar-refractivity contribution in [3.63, 3.8) is 0 Å². The first-order valence-corrected chi connectivity index (χ1v) is 6.31. The minimum Gasteiger partial charge on any atom is -0.481 e.